The summed E-state index contributed by atoms with van der Waals surface area (Å²) in [6, 6.07) is 3.56. The van der Waals surface area contributed by atoms with Crippen molar-refractivity contribution in [1.29, 1.82) is 0 Å². The summed E-state index contributed by atoms with van der Waals surface area (Å²) < 4.78 is 33.2. The standard InChI is InChI=1S/C16H23BrN4O4S/c1-3-26(23,24)21-8-6-20(7-9-21)5-4-18-16(22)13-10-14-12(19(13)2)11-15(17)25-14/h10-11H,3-9H2,1-2H3,(H,18,22). The molecule has 0 bridgehead atoms. The maximum Gasteiger partial charge on any atom is 0.268 e. The van der Waals surface area contributed by atoms with Gasteiger partial charge in [0, 0.05) is 58.4 Å². The number of carbonyl (C=O) groups is 1. The summed E-state index contributed by atoms with van der Waals surface area (Å²) >= 11 is 3.28. The van der Waals surface area contributed by atoms with Crippen LogP contribution >= 0.6 is 15.9 Å². The number of piperazine rings is 1. The smallest absolute Gasteiger partial charge is 0.268 e. The summed E-state index contributed by atoms with van der Waals surface area (Å²) in [5.41, 5.74) is 2.07. The van der Waals surface area contributed by atoms with Crippen LogP contribution < -0.4 is 5.32 Å². The van der Waals surface area contributed by atoms with E-state index in [1.807, 2.05) is 13.1 Å². The van der Waals surface area contributed by atoms with Gasteiger partial charge in [-0.05, 0) is 22.9 Å². The third-order valence-electron chi connectivity index (χ3n) is 4.74. The maximum atomic E-state index is 12.4. The van der Waals surface area contributed by atoms with Crippen LogP contribution in [-0.2, 0) is 17.1 Å². The van der Waals surface area contributed by atoms with Gasteiger partial charge in [-0.3, -0.25) is 9.69 Å². The summed E-state index contributed by atoms with van der Waals surface area (Å²) in [7, 11) is -1.28. The zero-order valence-corrected chi connectivity index (χ0v) is 17.3. The van der Waals surface area contributed by atoms with E-state index in [1.54, 1.807) is 21.9 Å². The first-order valence-corrected chi connectivity index (χ1v) is 10.9. The lowest BCUT2D eigenvalue weighted by molar-refractivity contribution is 0.0937. The van der Waals surface area contributed by atoms with Crippen LogP contribution in [-0.4, -0.2) is 73.1 Å². The van der Waals surface area contributed by atoms with Crippen LogP contribution in [0, 0.1) is 0 Å². The Hall–Kier alpha value is -1.36. The molecule has 1 fully saturated rings. The van der Waals surface area contributed by atoms with Crippen molar-refractivity contribution < 1.29 is 17.6 Å². The molecule has 0 unspecified atom stereocenters. The highest BCUT2D eigenvalue weighted by Gasteiger charge is 2.25. The van der Waals surface area contributed by atoms with Gasteiger partial charge in [0.1, 0.15) is 5.69 Å². The van der Waals surface area contributed by atoms with E-state index in [4.69, 9.17) is 4.42 Å². The molecule has 8 nitrogen and oxygen atoms in total. The molecule has 0 aliphatic carbocycles. The van der Waals surface area contributed by atoms with Crippen molar-refractivity contribution in [3.05, 3.63) is 22.5 Å². The maximum absolute atomic E-state index is 12.4. The first kappa shape index (κ1) is 19.4. The van der Waals surface area contributed by atoms with Gasteiger partial charge in [-0.15, -0.1) is 0 Å². The minimum Gasteiger partial charge on any atom is -0.448 e. The van der Waals surface area contributed by atoms with Gasteiger partial charge in [0.25, 0.3) is 5.91 Å². The molecule has 1 amide bonds. The zero-order valence-electron chi connectivity index (χ0n) is 14.9. The van der Waals surface area contributed by atoms with Crippen LogP contribution in [0.4, 0.5) is 0 Å². The molecule has 1 aliphatic rings. The van der Waals surface area contributed by atoms with Gasteiger partial charge in [-0.2, -0.15) is 4.31 Å². The molecule has 26 heavy (non-hydrogen) atoms. The van der Waals surface area contributed by atoms with E-state index < -0.39 is 10.0 Å². The highest BCUT2D eigenvalue weighted by molar-refractivity contribution is 9.10. The lowest BCUT2D eigenvalue weighted by Crippen LogP contribution is -2.50. The number of fused-ring (bicyclic) bond motifs is 1. The number of hydrogen-bond acceptors (Lipinski definition) is 5. The Kier molecular flexibility index (Phi) is 5.75. The summed E-state index contributed by atoms with van der Waals surface area (Å²) in [5, 5.41) is 2.92. The quantitative estimate of drug-likeness (QED) is 0.720. The Labute approximate surface area is 161 Å². The summed E-state index contributed by atoms with van der Waals surface area (Å²) in [6.07, 6.45) is 0. The van der Waals surface area contributed by atoms with Crippen molar-refractivity contribution >= 4 is 43.0 Å². The van der Waals surface area contributed by atoms with Crippen LogP contribution in [0.15, 0.2) is 21.2 Å². The number of nitrogens with zero attached hydrogens (tertiary/aromatic N) is 3. The second kappa shape index (κ2) is 7.71. The molecule has 1 saturated heterocycles. The summed E-state index contributed by atoms with van der Waals surface area (Å²) in [6.45, 7) is 5.24. The minimum atomic E-state index is -3.11. The van der Waals surface area contributed by atoms with Crippen LogP contribution in [0.25, 0.3) is 11.1 Å². The van der Waals surface area contributed by atoms with Gasteiger partial charge in [0.15, 0.2) is 10.3 Å². The molecule has 3 heterocycles. The number of hydrogen-bond donors (Lipinski definition) is 1. The minimum absolute atomic E-state index is 0.138. The fourth-order valence-corrected chi connectivity index (χ4v) is 4.61. The molecule has 1 N–H and O–H groups in total. The summed E-state index contributed by atoms with van der Waals surface area (Å²) in [5.74, 6) is -0.0127. The molecular formula is C16H23BrN4O4S. The Morgan fingerprint density at radius 3 is 2.58 bits per heavy atom. The van der Waals surface area contributed by atoms with Crippen LogP contribution in [0.1, 0.15) is 17.4 Å². The SMILES string of the molecule is CCS(=O)(=O)N1CCN(CCNC(=O)c2cc3oc(Br)cc3n2C)CC1. The third-order valence-corrected chi connectivity index (χ3v) is 7.01. The molecule has 1 aliphatic heterocycles. The van der Waals surface area contributed by atoms with Crippen molar-refractivity contribution in [2.45, 2.75) is 6.92 Å². The van der Waals surface area contributed by atoms with Crippen LogP contribution in [0.3, 0.4) is 0 Å². The first-order chi connectivity index (χ1) is 12.3. The number of halogens is 1. The highest BCUT2D eigenvalue weighted by Crippen LogP contribution is 2.25. The number of amides is 1. The molecule has 2 aromatic heterocycles. The molecule has 10 heteroatoms. The van der Waals surface area contributed by atoms with E-state index in [-0.39, 0.29) is 11.7 Å². The number of nitrogens with one attached hydrogen (secondary N) is 1. The summed E-state index contributed by atoms with van der Waals surface area (Å²) in [4.78, 5) is 14.6. The van der Waals surface area contributed by atoms with Gasteiger partial charge in [-0.1, -0.05) is 0 Å². The number of sulfonamides is 1. The first-order valence-electron chi connectivity index (χ1n) is 8.55. The highest BCUT2D eigenvalue weighted by atomic mass is 79.9. The van der Waals surface area contributed by atoms with E-state index >= 15 is 0 Å². The Morgan fingerprint density at radius 1 is 1.27 bits per heavy atom. The second-order valence-corrected chi connectivity index (χ2v) is 9.32. The largest absolute Gasteiger partial charge is 0.448 e. The Balaban J connectivity index is 1.48. The molecule has 0 radical (unpaired) electrons. The van der Waals surface area contributed by atoms with Crippen molar-refractivity contribution in [2.24, 2.45) is 7.05 Å². The lowest BCUT2D eigenvalue weighted by atomic mass is 10.3. The fourth-order valence-electron chi connectivity index (χ4n) is 3.13. The topological polar surface area (TPSA) is 87.8 Å². The number of rotatable bonds is 6. The predicted octanol–water partition coefficient (Wildman–Crippen LogP) is 1.23. The number of aryl methyl sites for hydroxylation is 1. The number of carbonyl (C=O) groups excluding carboxylic acids is 1. The zero-order chi connectivity index (χ0) is 18.9. The molecule has 0 saturated carbocycles. The Bertz CT molecular complexity index is 897. The average molecular weight is 447 g/mol. The molecular weight excluding hydrogens is 424 g/mol. The van der Waals surface area contributed by atoms with Gasteiger partial charge < -0.3 is 14.3 Å². The van der Waals surface area contributed by atoms with Gasteiger partial charge in [0.2, 0.25) is 10.0 Å². The van der Waals surface area contributed by atoms with E-state index in [0.717, 1.165) is 5.52 Å². The molecule has 0 atom stereocenters. The van der Waals surface area contributed by atoms with Gasteiger partial charge >= 0.3 is 0 Å². The van der Waals surface area contributed by atoms with Crippen molar-refractivity contribution in [3.63, 3.8) is 0 Å². The fraction of sp³-hybridized carbons (Fsp3) is 0.562. The van der Waals surface area contributed by atoms with E-state index in [2.05, 4.69) is 26.1 Å². The Morgan fingerprint density at radius 2 is 1.96 bits per heavy atom. The van der Waals surface area contributed by atoms with E-state index in [0.29, 0.717) is 55.2 Å². The van der Waals surface area contributed by atoms with Crippen LogP contribution in [0.2, 0.25) is 0 Å². The predicted molar refractivity (Wildman–Crippen MR) is 103 cm³/mol. The second-order valence-electron chi connectivity index (χ2n) is 6.29. The number of furan rings is 1. The lowest BCUT2D eigenvalue weighted by Gasteiger charge is -2.33. The van der Waals surface area contributed by atoms with Crippen LogP contribution in [0.5, 0.6) is 0 Å². The van der Waals surface area contributed by atoms with Crippen molar-refractivity contribution in [1.82, 2.24) is 19.1 Å². The average Bonchev–Trinajstić information content (AvgIpc) is 3.13. The van der Waals surface area contributed by atoms with Gasteiger partial charge in [0.05, 0.1) is 11.3 Å². The van der Waals surface area contributed by atoms with Crippen molar-refractivity contribution in [2.75, 3.05) is 45.0 Å². The number of aromatic nitrogens is 1. The third kappa shape index (κ3) is 3.98. The molecule has 144 valence electrons. The van der Waals surface area contributed by atoms with E-state index in [1.165, 1.54) is 0 Å². The molecule has 2 aromatic rings. The van der Waals surface area contributed by atoms with Gasteiger partial charge in [-0.25, -0.2) is 8.42 Å². The normalized spacial score (nSPS) is 17.0. The molecule has 0 spiro atoms. The monoisotopic (exact) mass is 446 g/mol. The van der Waals surface area contributed by atoms with E-state index in [9.17, 15) is 13.2 Å². The molecule has 0 aromatic carbocycles. The van der Waals surface area contributed by atoms with Crippen molar-refractivity contribution in [3.8, 4) is 0 Å². The molecule has 3 rings (SSSR count).